The van der Waals surface area contributed by atoms with Crippen LogP contribution in [0, 0.1) is 0 Å². The second-order valence-corrected chi connectivity index (χ2v) is 3.95. The van der Waals surface area contributed by atoms with Crippen molar-refractivity contribution in [3.8, 4) is 0 Å². The SMILES string of the molecule is CCCCC1(O)C=Cc2ccccc21. The van der Waals surface area contributed by atoms with Crippen LogP contribution in [0.15, 0.2) is 30.3 Å². The molecule has 1 heteroatoms. The molecular formula is C13H16O. The quantitative estimate of drug-likeness (QED) is 0.772. The van der Waals surface area contributed by atoms with Gasteiger partial charge >= 0.3 is 0 Å². The maximum absolute atomic E-state index is 10.4. The van der Waals surface area contributed by atoms with Gasteiger partial charge in [-0.3, -0.25) is 0 Å². The molecule has 1 aromatic carbocycles. The van der Waals surface area contributed by atoms with Crippen molar-refractivity contribution in [3.63, 3.8) is 0 Å². The summed E-state index contributed by atoms with van der Waals surface area (Å²) in [6.45, 7) is 2.15. The zero-order chi connectivity index (χ0) is 10.0. The van der Waals surface area contributed by atoms with Crippen molar-refractivity contribution in [2.75, 3.05) is 0 Å². The Balaban J connectivity index is 2.28. The lowest BCUT2D eigenvalue weighted by Gasteiger charge is -2.22. The van der Waals surface area contributed by atoms with Gasteiger partial charge in [-0.15, -0.1) is 0 Å². The highest BCUT2D eigenvalue weighted by Crippen LogP contribution is 2.37. The van der Waals surface area contributed by atoms with E-state index in [2.05, 4.69) is 13.0 Å². The van der Waals surface area contributed by atoms with Gasteiger partial charge in [-0.05, 0) is 23.6 Å². The lowest BCUT2D eigenvalue weighted by atomic mass is 9.91. The van der Waals surface area contributed by atoms with E-state index in [1.165, 1.54) is 0 Å². The van der Waals surface area contributed by atoms with Crippen molar-refractivity contribution >= 4 is 6.08 Å². The largest absolute Gasteiger partial charge is 0.381 e. The number of benzene rings is 1. The van der Waals surface area contributed by atoms with Gasteiger partial charge in [0.15, 0.2) is 0 Å². The fourth-order valence-corrected chi connectivity index (χ4v) is 2.02. The molecule has 0 heterocycles. The highest BCUT2D eigenvalue weighted by atomic mass is 16.3. The van der Waals surface area contributed by atoms with E-state index in [1.54, 1.807) is 0 Å². The monoisotopic (exact) mass is 188 g/mol. The maximum atomic E-state index is 10.4. The smallest absolute Gasteiger partial charge is 0.109 e. The molecule has 14 heavy (non-hydrogen) atoms. The molecule has 1 N–H and O–H groups in total. The van der Waals surface area contributed by atoms with E-state index < -0.39 is 5.60 Å². The summed E-state index contributed by atoms with van der Waals surface area (Å²) >= 11 is 0. The molecule has 0 bridgehead atoms. The molecule has 1 aromatic rings. The number of rotatable bonds is 3. The van der Waals surface area contributed by atoms with Crippen LogP contribution in [-0.4, -0.2) is 5.11 Å². The van der Waals surface area contributed by atoms with Crippen LogP contribution >= 0.6 is 0 Å². The van der Waals surface area contributed by atoms with E-state index in [4.69, 9.17) is 0 Å². The van der Waals surface area contributed by atoms with Crippen molar-refractivity contribution < 1.29 is 5.11 Å². The third kappa shape index (κ3) is 1.48. The van der Waals surface area contributed by atoms with Gasteiger partial charge in [-0.1, -0.05) is 50.1 Å². The van der Waals surface area contributed by atoms with Crippen LogP contribution in [0.2, 0.25) is 0 Å². The first kappa shape index (κ1) is 9.47. The molecule has 0 radical (unpaired) electrons. The Bertz CT molecular complexity index is 354. The van der Waals surface area contributed by atoms with E-state index in [1.807, 2.05) is 30.4 Å². The standard InChI is InChI=1S/C13H16O/c1-2-3-9-13(14)10-8-11-6-4-5-7-12(11)13/h4-8,10,14H,2-3,9H2,1H3. The predicted molar refractivity (Wildman–Crippen MR) is 58.9 cm³/mol. The predicted octanol–water partition coefficient (Wildman–Crippen LogP) is 3.09. The van der Waals surface area contributed by atoms with Gasteiger partial charge < -0.3 is 5.11 Å². The summed E-state index contributed by atoms with van der Waals surface area (Å²) < 4.78 is 0. The minimum atomic E-state index is -0.702. The molecule has 0 aliphatic heterocycles. The fourth-order valence-electron chi connectivity index (χ4n) is 2.02. The zero-order valence-corrected chi connectivity index (χ0v) is 8.53. The van der Waals surface area contributed by atoms with Gasteiger partial charge in [0.2, 0.25) is 0 Å². The molecular weight excluding hydrogens is 172 g/mol. The van der Waals surface area contributed by atoms with Crippen LogP contribution in [0.25, 0.3) is 6.08 Å². The van der Waals surface area contributed by atoms with E-state index in [0.29, 0.717) is 0 Å². The minimum Gasteiger partial charge on any atom is -0.381 e. The van der Waals surface area contributed by atoms with Crippen molar-refractivity contribution in [2.24, 2.45) is 0 Å². The Hall–Kier alpha value is -1.08. The molecule has 74 valence electrons. The van der Waals surface area contributed by atoms with E-state index >= 15 is 0 Å². The van der Waals surface area contributed by atoms with Gasteiger partial charge in [0.1, 0.15) is 5.60 Å². The molecule has 0 aromatic heterocycles. The molecule has 1 atom stereocenters. The molecule has 1 aliphatic carbocycles. The normalized spacial score (nSPS) is 23.9. The first-order valence-corrected chi connectivity index (χ1v) is 5.27. The Kier molecular flexibility index (Phi) is 2.42. The summed E-state index contributed by atoms with van der Waals surface area (Å²) in [5, 5.41) is 10.4. The van der Waals surface area contributed by atoms with Crippen molar-refractivity contribution in [3.05, 3.63) is 41.5 Å². The van der Waals surface area contributed by atoms with Crippen molar-refractivity contribution in [1.82, 2.24) is 0 Å². The molecule has 1 unspecified atom stereocenters. The van der Waals surface area contributed by atoms with E-state index in [-0.39, 0.29) is 0 Å². The van der Waals surface area contributed by atoms with Crippen LogP contribution in [0.1, 0.15) is 37.3 Å². The van der Waals surface area contributed by atoms with Crippen LogP contribution in [0.5, 0.6) is 0 Å². The Morgan fingerprint density at radius 3 is 2.86 bits per heavy atom. The molecule has 0 fully saturated rings. The van der Waals surface area contributed by atoms with Crippen molar-refractivity contribution in [1.29, 1.82) is 0 Å². The summed E-state index contributed by atoms with van der Waals surface area (Å²) in [5.41, 5.74) is 1.52. The van der Waals surface area contributed by atoms with Gasteiger partial charge in [-0.2, -0.15) is 0 Å². The number of aliphatic hydroxyl groups is 1. The van der Waals surface area contributed by atoms with Gasteiger partial charge in [0.05, 0.1) is 0 Å². The Morgan fingerprint density at radius 2 is 2.07 bits per heavy atom. The van der Waals surface area contributed by atoms with Crippen LogP contribution < -0.4 is 0 Å². The first-order chi connectivity index (χ1) is 6.76. The third-order valence-electron chi connectivity index (χ3n) is 2.88. The molecule has 0 spiro atoms. The van der Waals surface area contributed by atoms with Crippen LogP contribution in [0.4, 0.5) is 0 Å². The third-order valence-corrected chi connectivity index (χ3v) is 2.88. The minimum absolute atomic E-state index is 0.702. The van der Waals surface area contributed by atoms with E-state index in [0.717, 1.165) is 30.4 Å². The highest BCUT2D eigenvalue weighted by molar-refractivity contribution is 5.63. The summed E-state index contributed by atoms with van der Waals surface area (Å²) in [5.74, 6) is 0. The molecule has 2 rings (SSSR count). The van der Waals surface area contributed by atoms with E-state index in [9.17, 15) is 5.11 Å². The number of unbranched alkanes of at least 4 members (excludes halogenated alkanes) is 1. The lowest BCUT2D eigenvalue weighted by Crippen LogP contribution is -2.20. The lowest BCUT2D eigenvalue weighted by molar-refractivity contribution is 0.0804. The van der Waals surface area contributed by atoms with Gasteiger partial charge in [0.25, 0.3) is 0 Å². The molecule has 0 amide bonds. The molecule has 1 nitrogen and oxygen atoms in total. The second-order valence-electron chi connectivity index (χ2n) is 3.95. The topological polar surface area (TPSA) is 20.2 Å². The second kappa shape index (κ2) is 3.58. The molecule has 0 saturated heterocycles. The molecule has 1 aliphatic rings. The summed E-state index contributed by atoms with van der Waals surface area (Å²) in [4.78, 5) is 0. The summed E-state index contributed by atoms with van der Waals surface area (Å²) in [6.07, 6.45) is 6.96. The molecule has 0 saturated carbocycles. The number of hydrogen-bond donors (Lipinski definition) is 1. The fraction of sp³-hybridized carbons (Fsp3) is 0.385. The number of fused-ring (bicyclic) bond motifs is 1. The number of hydrogen-bond acceptors (Lipinski definition) is 1. The first-order valence-electron chi connectivity index (χ1n) is 5.27. The van der Waals surface area contributed by atoms with Crippen LogP contribution in [0.3, 0.4) is 0 Å². The highest BCUT2D eigenvalue weighted by Gasteiger charge is 2.30. The summed E-state index contributed by atoms with van der Waals surface area (Å²) in [6, 6.07) is 8.07. The average molecular weight is 188 g/mol. The Labute approximate surface area is 85.1 Å². The zero-order valence-electron chi connectivity index (χ0n) is 8.53. The average Bonchev–Trinajstić information content (AvgIpc) is 2.55. The summed E-state index contributed by atoms with van der Waals surface area (Å²) in [7, 11) is 0. The van der Waals surface area contributed by atoms with Crippen molar-refractivity contribution in [2.45, 2.75) is 31.8 Å². The maximum Gasteiger partial charge on any atom is 0.109 e. The Morgan fingerprint density at radius 1 is 1.29 bits per heavy atom. The van der Waals surface area contributed by atoms with Gasteiger partial charge in [-0.25, -0.2) is 0 Å². The van der Waals surface area contributed by atoms with Gasteiger partial charge in [0, 0.05) is 0 Å². The van der Waals surface area contributed by atoms with Crippen LogP contribution in [-0.2, 0) is 5.60 Å².